The molecule has 0 fully saturated rings. The Labute approximate surface area is 119 Å². The first kappa shape index (κ1) is 16.4. The second-order valence-electron chi connectivity index (χ2n) is 4.56. The number of nitrogens with one attached hydrogen (secondary N) is 1. The molecule has 0 aliphatic carbocycles. The number of ether oxygens (including phenoxy) is 1. The van der Waals surface area contributed by atoms with Gasteiger partial charge >= 0.3 is 0 Å². The Morgan fingerprint density at radius 2 is 2.15 bits per heavy atom. The summed E-state index contributed by atoms with van der Waals surface area (Å²) < 4.78 is 5.32. The van der Waals surface area contributed by atoms with Crippen molar-refractivity contribution < 1.29 is 9.66 Å². The lowest BCUT2D eigenvalue weighted by molar-refractivity contribution is -0.384. The van der Waals surface area contributed by atoms with Crippen LogP contribution in [0.4, 0.5) is 11.4 Å². The molecule has 0 saturated heterocycles. The van der Waals surface area contributed by atoms with Crippen molar-refractivity contribution in [1.82, 2.24) is 4.90 Å². The molecule has 0 saturated carbocycles. The van der Waals surface area contributed by atoms with Gasteiger partial charge in [-0.15, -0.1) is 0 Å². The standard InChI is InChI=1S/C14H23N3O3/c1-4-15-14-7-6-13(17(18)19)10-12(14)11-16(3)8-9-20-5-2/h6-7,10,15H,4-5,8-9,11H2,1-3H3. The fourth-order valence-electron chi connectivity index (χ4n) is 1.92. The average Bonchev–Trinajstić information content (AvgIpc) is 2.41. The van der Waals surface area contributed by atoms with Crippen molar-refractivity contribution in [2.24, 2.45) is 0 Å². The van der Waals surface area contributed by atoms with Crippen LogP contribution in [0, 0.1) is 10.1 Å². The molecule has 0 aromatic heterocycles. The van der Waals surface area contributed by atoms with Crippen molar-refractivity contribution in [2.45, 2.75) is 20.4 Å². The van der Waals surface area contributed by atoms with E-state index in [1.165, 1.54) is 6.07 Å². The van der Waals surface area contributed by atoms with Gasteiger partial charge in [-0.1, -0.05) is 0 Å². The lowest BCUT2D eigenvalue weighted by Crippen LogP contribution is -2.23. The fourth-order valence-corrected chi connectivity index (χ4v) is 1.92. The highest BCUT2D eigenvalue weighted by atomic mass is 16.6. The lowest BCUT2D eigenvalue weighted by atomic mass is 10.1. The number of hydrogen-bond acceptors (Lipinski definition) is 5. The van der Waals surface area contributed by atoms with Crippen molar-refractivity contribution >= 4 is 11.4 Å². The minimum absolute atomic E-state index is 0.125. The molecule has 1 N–H and O–H groups in total. The number of non-ortho nitro benzene ring substituents is 1. The third-order valence-electron chi connectivity index (χ3n) is 2.93. The van der Waals surface area contributed by atoms with Crippen LogP contribution in [0.3, 0.4) is 0 Å². The van der Waals surface area contributed by atoms with Crippen LogP contribution in [0.1, 0.15) is 19.4 Å². The van der Waals surface area contributed by atoms with Crippen LogP contribution in [-0.2, 0) is 11.3 Å². The zero-order chi connectivity index (χ0) is 15.0. The highest BCUT2D eigenvalue weighted by Gasteiger charge is 2.12. The van der Waals surface area contributed by atoms with Gasteiger partial charge in [-0.3, -0.25) is 15.0 Å². The predicted molar refractivity (Wildman–Crippen MR) is 80.1 cm³/mol. The fraction of sp³-hybridized carbons (Fsp3) is 0.571. The zero-order valence-electron chi connectivity index (χ0n) is 12.4. The van der Waals surface area contributed by atoms with E-state index >= 15 is 0 Å². The molecule has 0 aliphatic heterocycles. The molecule has 1 rings (SSSR count). The van der Waals surface area contributed by atoms with Crippen LogP contribution in [0.25, 0.3) is 0 Å². The van der Waals surface area contributed by atoms with Gasteiger partial charge in [0.1, 0.15) is 0 Å². The number of rotatable bonds is 9. The molecule has 0 spiro atoms. The topological polar surface area (TPSA) is 67.6 Å². The molecular formula is C14H23N3O3. The zero-order valence-corrected chi connectivity index (χ0v) is 12.4. The van der Waals surface area contributed by atoms with Gasteiger partial charge in [-0.05, 0) is 32.5 Å². The number of benzene rings is 1. The Kier molecular flexibility index (Phi) is 6.97. The second-order valence-corrected chi connectivity index (χ2v) is 4.56. The Bertz CT molecular complexity index is 438. The summed E-state index contributed by atoms with van der Waals surface area (Å²) in [4.78, 5) is 12.6. The normalized spacial score (nSPS) is 10.8. The summed E-state index contributed by atoms with van der Waals surface area (Å²) in [5, 5.41) is 14.1. The summed E-state index contributed by atoms with van der Waals surface area (Å²) in [6.07, 6.45) is 0. The maximum Gasteiger partial charge on any atom is 0.269 e. The van der Waals surface area contributed by atoms with E-state index in [1.54, 1.807) is 12.1 Å². The number of hydrogen-bond donors (Lipinski definition) is 1. The van der Waals surface area contributed by atoms with Gasteiger partial charge in [0.2, 0.25) is 0 Å². The summed E-state index contributed by atoms with van der Waals surface area (Å²) in [6.45, 7) is 7.56. The molecule has 0 amide bonds. The average molecular weight is 281 g/mol. The van der Waals surface area contributed by atoms with Crippen molar-refractivity contribution in [3.05, 3.63) is 33.9 Å². The summed E-state index contributed by atoms with van der Waals surface area (Å²) in [5.74, 6) is 0. The highest BCUT2D eigenvalue weighted by Crippen LogP contribution is 2.23. The molecular weight excluding hydrogens is 258 g/mol. The Balaban J connectivity index is 2.78. The van der Waals surface area contributed by atoms with Crippen LogP contribution < -0.4 is 5.32 Å². The number of anilines is 1. The quantitative estimate of drug-likeness (QED) is 0.428. The van der Waals surface area contributed by atoms with Crippen LogP contribution in [0.5, 0.6) is 0 Å². The van der Waals surface area contributed by atoms with Gasteiger partial charge in [0.05, 0.1) is 11.5 Å². The first-order valence-corrected chi connectivity index (χ1v) is 6.86. The van der Waals surface area contributed by atoms with Gasteiger partial charge < -0.3 is 10.1 Å². The van der Waals surface area contributed by atoms with E-state index in [9.17, 15) is 10.1 Å². The largest absolute Gasteiger partial charge is 0.385 e. The first-order valence-electron chi connectivity index (χ1n) is 6.86. The smallest absolute Gasteiger partial charge is 0.269 e. The Morgan fingerprint density at radius 3 is 2.75 bits per heavy atom. The van der Waals surface area contributed by atoms with E-state index in [1.807, 2.05) is 20.9 Å². The molecule has 0 radical (unpaired) electrons. The van der Waals surface area contributed by atoms with E-state index in [2.05, 4.69) is 10.2 Å². The maximum absolute atomic E-state index is 10.9. The minimum Gasteiger partial charge on any atom is -0.385 e. The molecule has 20 heavy (non-hydrogen) atoms. The van der Waals surface area contributed by atoms with Crippen molar-refractivity contribution in [3.8, 4) is 0 Å². The van der Waals surface area contributed by atoms with Crippen molar-refractivity contribution in [1.29, 1.82) is 0 Å². The molecule has 6 heteroatoms. The third kappa shape index (κ3) is 5.14. The SMILES string of the molecule is CCNc1ccc([N+](=O)[O-])cc1CN(C)CCOCC. The van der Waals surface area contributed by atoms with Gasteiger partial charge in [0, 0.05) is 44.1 Å². The minimum atomic E-state index is -0.362. The molecule has 112 valence electrons. The molecule has 0 heterocycles. The van der Waals surface area contributed by atoms with Crippen molar-refractivity contribution in [2.75, 3.05) is 38.7 Å². The number of nitrogens with zero attached hydrogens (tertiary/aromatic N) is 2. The van der Waals surface area contributed by atoms with Crippen LogP contribution in [-0.4, -0.2) is 43.2 Å². The monoisotopic (exact) mass is 281 g/mol. The van der Waals surface area contributed by atoms with Crippen LogP contribution in [0.2, 0.25) is 0 Å². The van der Waals surface area contributed by atoms with Crippen LogP contribution in [0.15, 0.2) is 18.2 Å². The van der Waals surface area contributed by atoms with Gasteiger partial charge in [0.15, 0.2) is 0 Å². The molecule has 0 atom stereocenters. The summed E-state index contributed by atoms with van der Waals surface area (Å²) in [5.41, 5.74) is 2.00. The molecule has 0 aliphatic rings. The Hall–Kier alpha value is -1.66. The third-order valence-corrected chi connectivity index (χ3v) is 2.93. The summed E-state index contributed by atoms with van der Waals surface area (Å²) in [7, 11) is 1.98. The van der Waals surface area contributed by atoms with E-state index < -0.39 is 0 Å². The number of likely N-dealkylation sites (N-methyl/N-ethyl adjacent to an activating group) is 1. The Morgan fingerprint density at radius 1 is 1.40 bits per heavy atom. The molecule has 6 nitrogen and oxygen atoms in total. The second kappa shape index (κ2) is 8.50. The lowest BCUT2D eigenvalue weighted by Gasteiger charge is -2.19. The van der Waals surface area contributed by atoms with Gasteiger partial charge in [0.25, 0.3) is 5.69 Å². The summed E-state index contributed by atoms with van der Waals surface area (Å²) in [6, 6.07) is 4.93. The first-order chi connectivity index (χ1) is 9.58. The molecule has 1 aromatic rings. The van der Waals surface area contributed by atoms with Gasteiger partial charge in [-0.2, -0.15) is 0 Å². The highest BCUT2D eigenvalue weighted by molar-refractivity contribution is 5.56. The summed E-state index contributed by atoms with van der Waals surface area (Å²) >= 11 is 0. The number of nitro groups is 1. The molecule has 0 unspecified atom stereocenters. The van der Waals surface area contributed by atoms with Crippen LogP contribution >= 0.6 is 0 Å². The maximum atomic E-state index is 10.9. The van der Waals surface area contributed by atoms with E-state index in [-0.39, 0.29) is 10.6 Å². The number of nitro benzene ring substituents is 1. The van der Waals surface area contributed by atoms with E-state index in [0.29, 0.717) is 19.8 Å². The molecule has 0 bridgehead atoms. The predicted octanol–water partition coefficient (Wildman–Crippen LogP) is 2.49. The van der Waals surface area contributed by atoms with Gasteiger partial charge in [-0.25, -0.2) is 0 Å². The molecule has 1 aromatic carbocycles. The van der Waals surface area contributed by atoms with E-state index in [0.717, 1.165) is 24.3 Å². The van der Waals surface area contributed by atoms with Crippen molar-refractivity contribution in [3.63, 3.8) is 0 Å². The van der Waals surface area contributed by atoms with E-state index in [4.69, 9.17) is 4.74 Å².